The van der Waals surface area contributed by atoms with Gasteiger partial charge in [0.25, 0.3) is 0 Å². The first-order chi connectivity index (χ1) is 11.7. The number of hydrogen-bond donors (Lipinski definition) is 0. The minimum absolute atomic E-state index is 0.228. The fourth-order valence-electron chi connectivity index (χ4n) is 3.56. The van der Waals surface area contributed by atoms with Gasteiger partial charge < -0.3 is 14.3 Å². The van der Waals surface area contributed by atoms with Gasteiger partial charge in [-0.3, -0.25) is 0 Å². The van der Waals surface area contributed by atoms with E-state index in [4.69, 9.17) is 25.9 Å². The fraction of sp³-hybridized carbons (Fsp3) is 0.526. The van der Waals surface area contributed by atoms with Crippen LogP contribution in [-0.2, 0) is 14.3 Å². The SMILES string of the molecule is Clc1cccc(C#CC2=NOC3(CCC4(CC3)OCCCO4)C2)c1. The monoisotopic (exact) mass is 345 g/mol. The summed E-state index contributed by atoms with van der Waals surface area (Å²) < 4.78 is 11.8. The summed E-state index contributed by atoms with van der Waals surface area (Å²) in [4.78, 5) is 5.79. The Morgan fingerprint density at radius 1 is 1.04 bits per heavy atom. The normalized spacial score (nSPS) is 24.1. The molecule has 1 aromatic rings. The van der Waals surface area contributed by atoms with Crippen molar-refractivity contribution >= 4 is 17.3 Å². The molecule has 24 heavy (non-hydrogen) atoms. The lowest BCUT2D eigenvalue weighted by Crippen LogP contribution is -2.48. The summed E-state index contributed by atoms with van der Waals surface area (Å²) in [6, 6.07) is 7.52. The Kier molecular flexibility index (Phi) is 4.26. The van der Waals surface area contributed by atoms with E-state index in [0.717, 1.165) is 63.0 Å². The quantitative estimate of drug-likeness (QED) is 0.669. The average molecular weight is 346 g/mol. The number of nitrogens with zero attached hydrogens (tertiary/aromatic N) is 1. The van der Waals surface area contributed by atoms with E-state index in [-0.39, 0.29) is 11.4 Å². The van der Waals surface area contributed by atoms with Crippen molar-refractivity contribution in [3.8, 4) is 11.8 Å². The third kappa shape index (κ3) is 3.30. The molecule has 0 bridgehead atoms. The van der Waals surface area contributed by atoms with Gasteiger partial charge in [0, 0.05) is 29.8 Å². The summed E-state index contributed by atoms with van der Waals surface area (Å²) in [7, 11) is 0. The Balaban J connectivity index is 1.38. The molecule has 2 fully saturated rings. The van der Waals surface area contributed by atoms with E-state index in [1.807, 2.05) is 24.3 Å². The molecule has 126 valence electrons. The van der Waals surface area contributed by atoms with Crippen molar-refractivity contribution in [3.05, 3.63) is 34.9 Å². The number of oxime groups is 1. The van der Waals surface area contributed by atoms with Gasteiger partial charge in [0.2, 0.25) is 0 Å². The maximum Gasteiger partial charge on any atom is 0.168 e. The lowest BCUT2D eigenvalue weighted by molar-refractivity contribution is -0.293. The standard InChI is InChI=1S/C19H20ClNO3/c20-16-4-1-3-15(13-16)5-6-17-14-18(24-21-17)7-9-19(10-8-18)22-11-2-12-23-19/h1,3-4,13H,2,7-12,14H2. The highest BCUT2D eigenvalue weighted by molar-refractivity contribution is 6.30. The van der Waals surface area contributed by atoms with Crippen LogP contribution >= 0.6 is 11.6 Å². The predicted octanol–water partition coefficient (Wildman–Crippen LogP) is 3.91. The van der Waals surface area contributed by atoms with Crippen LogP contribution in [0.5, 0.6) is 0 Å². The molecule has 0 amide bonds. The Hall–Kier alpha value is -1.54. The molecule has 4 nitrogen and oxygen atoms in total. The zero-order chi connectivity index (χ0) is 16.5. The first-order valence-electron chi connectivity index (χ1n) is 8.48. The second-order valence-corrected chi connectivity index (χ2v) is 7.15. The van der Waals surface area contributed by atoms with E-state index >= 15 is 0 Å². The fourth-order valence-corrected chi connectivity index (χ4v) is 3.75. The summed E-state index contributed by atoms with van der Waals surface area (Å²) in [6.07, 6.45) is 5.24. The number of halogens is 1. The summed E-state index contributed by atoms with van der Waals surface area (Å²) >= 11 is 5.98. The highest BCUT2D eigenvalue weighted by atomic mass is 35.5. The Bertz CT molecular complexity index is 703. The average Bonchev–Trinajstić information content (AvgIpc) is 3.01. The smallest absolute Gasteiger partial charge is 0.168 e. The molecule has 0 unspecified atom stereocenters. The highest BCUT2D eigenvalue weighted by Crippen LogP contribution is 2.45. The van der Waals surface area contributed by atoms with Crippen LogP contribution in [0, 0.1) is 11.8 Å². The van der Waals surface area contributed by atoms with Crippen molar-refractivity contribution in [2.24, 2.45) is 5.16 Å². The third-order valence-corrected chi connectivity index (χ3v) is 5.19. The first kappa shape index (κ1) is 16.0. The summed E-state index contributed by atoms with van der Waals surface area (Å²) in [5.74, 6) is 5.85. The lowest BCUT2D eigenvalue weighted by Gasteiger charge is -2.44. The van der Waals surface area contributed by atoms with Gasteiger partial charge in [-0.15, -0.1) is 0 Å². The van der Waals surface area contributed by atoms with E-state index in [9.17, 15) is 0 Å². The predicted molar refractivity (Wildman–Crippen MR) is 91.9 cm³/mol. The summed E-state index contributed by atoms with van der Waals surface area (Å²) in [6.45, 7) is 1.58. The van der Waals surface area contributed by atoms with Crippen molar-refractivity contribution < 1.29 is 14.3 Å². The van der Waals surface area contributed by atoms with E-state index in [1.165, 1.54) is 0 Å². The highest BCUT2D eigenvalue weighted by Gasteiger charge is 2.49. The van der Waals surface area contributed by atoms with Gasteiger partial charge in [-0.1, -0.05) is 28.7 Å². The maximum absolute atomic E-state index is 5.98. The molecule has 0 atom stereocenters. The molecular weight excluding hydrogens is 326 g/mol. The second kappa shape index (κ2) is 6.40. The van der Waals surface area contributed by atoms with Gasteiger partial charge >= 0.3 is 0 Å². The molecule has 0 radical (unpaired) electrons. The number of rotatable bonds is 0. The Labute approximate surface area is 147 Å². The summed E-state index contributed by atoms with van der Waals surface area (Å²) in [5.41, 5.74) is 1.46. The van der Waals surface area contributed by atoms with Gasteiger partial charge in [0.05, 0.1) is 13.2 Å². The van der Waals surface area contributed by atoms with Crippen molar-refractivity contribution in [2.75, 3.05) is 13.2 Å². The van der Waals surface area contributed by atoms with Crippen LogP contribution in [0.1, 0.15) is 44.1 Å². The topological polar surface area (TPSA) is 40.0 Å². The molecule has 1 aliphatic carbocycles. The van der Waals surface area contributed by atoms with Crippen LogP contribution in [0.3, 0.4) is 0 Å². The number of ether oxygens (including phenoxy) is 2. The van der Waals surface area contributed by atoms with Crippen LogP contribution in [0.25, 0.3) is 0 Å². The van der Waals surface area contributed by atoms with Gasteiger partial charge in [0.15, 0.2) is 5.79 Å². The zero-order valence-corrected chi connectivity index (χ0v) is 14.3. The summed E-state index contributed by atoms with van der Waals surface area (Å²) in [5, 5.41) is 4.90. The molecule has 5 heteroatoms. The van der Waals surface area contributed by atoms with E-state index in [0.29, 0.717) is 5.02 Å². The Morgan fingerprint density at radius 2 is 1.83 bits per heavy atom. The Morgan fingerprint density at radius 3 is 2.58 bits per heavy atom. The van der Waals surface area contributed by atoms with Crippen molar-refractivity contribution in [1.82, 2.24) is 0 Å². The third-order valence-electron chi connectivity index (χ3n) is 4.96. The van der Waals surface area contributed by atoms with Crippen molar-refractivity contribution in [2.45, 2.75) is 49.9 Å². The molecule has 3 aliphatic rings. The minimum atomic E-state index is -0.387. The van der Waals surface area contributed by atoms with Crippen LogP contribution < -0.4 is 0 Å². The molecule has 2 heterocycles. The van der Waals surface area contributed by atoms with Crippen LogP contribution in [0.4, 0.5) is 0 Å². The number of hydrogen-bond acceptors (Lipinski definition) is 4. The first-order valence-corrected chi connectivity index (χ1v) is 8.86. The molecule has 1 saturated carbocycles. The molecule has 0 N–H and O–H groups in total. The maximum atomic E-state index is 5.98. The molecule has 4 rings (SSSR count). The van der Waals surface area contributed by atoms with E-state index in [2.05, 4.69) is 17.0 Å². The molecule has 2 aliphatic heterocycles. The van der Waals surface area contributed by atoms with Crippen LogP contribution in [0.15, 0.2) is 29.4 Å². The molecule has 0 aromatic heterocycles. The zero-order valence-electron chi connectivity index (χ0n) is 13.5. The van der Waals surface area contributed by atoms with Crippen LogP contribution in [-0.4, -0.2) is 30.3 Å². The minimum Gasteiger partial charge on any atom is -0.388 e. The van der Waals surface area contributed by atoms with Gasteiger partial charge in [-0.25, -0.2) is 0 Å². The van der Waals surface area contributed by atoms with E-state index < -0.39 is 0 Å². The van der Waals surface area contributed by atoms with Gasteiger partial charge in [-0.05, 0) is 43.4 Å². The molecule has 1 aromatic carbocycles. The van der Waals surface area contributed by atoms with Crippen molar-refractivity contribution in [3.63, 3.8) is 0 Å². The number of benzene rings is 1. The van der Waals surface area contributed by atoms with Crippen LogP contribution in [0.2, 0.25) is 5.02 Å². The molecular formula is C19H20ClNO3. The van der Waals surface area contributed by atoms with Crippen molar-refractivity contribution in [1.29, 1.82) is 0 Å². The van der Waals surface area contributed by atoms with E-state index in [1.54, 1.807) is 0 Å². The second-order valence-electron chi connectivity index (χ2n) is 6.71. The lowest BCUT2D eigenvalue weighted by atomic mass is 9.78. The van der Waals surface area contributed by atoms with Gasteiger partial charge in [-0.2, -0.15) is 0 Å². The molecule has 1 saturated heterocycles. The van der Waals surface area contributed by atoms with Gasteiger partial charge in [0.1, 0.15) is 11.3 Å². The largest absolute Gasteiger partial charge is 0.388 e. The molecule has 2 spiro atoms.